The van der Waals surface area contributed by atoms with E-state index in [0.717, 1.165) is 13.0 Å². The summed E-state index contributed by atoms with van der Waals surface area (Å²) >= 11 is 0. The molecule has 0 radical (unpaired) electrons. The van der Waals surface area contributed by atoms with Crippen LogP contribution in [-0.2, 0) is 0 Å². The number of aliphatic hydroxyl groups excluding tert-OH is 1. The van der Waals surface area contributed by atoms with Crippen LogP contribution in [0, 0.1) is 11.8 Å². The van der Waals surface area contributed by atoms with Crippen LogP contribution in [0.4, 0.5) is 0 Å². The molecule has 2 heteroatoms. The topological polar surface area (TPSA) is 23.5 Å². The van der Waals surface area contributed by atoms with Gasteiger partial charge in [0.1, 0.15) is 0 Å². The summed E-state index contributed by atoms with van der Waals surface area (Å²) in [5, 5.41) is 9.84. The fourth-order valence-corrected chi connectivity index (χ4v) is 2.49. The van der Waals surface area contributed by atoms with Crippen LogP contribution in [0.1, 0.15) is 27.2 Å². The van der Waals surface area contributed by atoms with Crippen LogP contribution >= 0.6 is 0 Å². The molecule has 1 saturated heterocycles. The third-order valence-corrected chi connectivity index (χ3v) is 2.83. The smallest absolute Gasteiger partial charge is 0.0700 e. The van der Waals surface area contributed by atoms with Gasteiger partial charge in [0.05, 0.1) is 6.10 Å². The molecule has 0 bridgehead atoms. The Balaban J connectivity index is 2.60. The van der Waals surface area contributed by atoms with E-state index in [1.54, 1.807) is 0 Å². The van der Waals surface area contributed by atoms with Crippen LogP contribution in [0.2, 0.25) is 0 Å². The lowest BCUT2D eigenvalue weighted by molar-refractivity contribution is -0.0179. The molecular weight excluding hydrogens is 150 g/mol. The highest BCUT2D eigenvalue weighted by Crippen LogP contribution is 2.25. The molecule has 12 heavy (non-hydrogen) atoms. The molecule has 1 N–H and O–H groups in total. The van der Waals surface area contributed by atoms with Crippen molar-refractivity contribution in [3.8, 4) is 0 Å². The Bertz CT molecular complexity index is 135. The van der Waals surface area contributed by atoms with Crippen LogP contribution in [0.5, 0.6) is 0 Å². The summed E-state index contributed by atoms with van der Waals surface area (Å²) in [7, 11) is 2.11. The Morgan fingerprint density at radius 1 is 1.42 bits per heavy atom. The number of piperidine rings is 1. The molecule has 1 heterocycles. The summed E-state index contributed by atoms with van der Waals surface area (Å²) in [6, 6.07) is 0.362. The van der Waals surface area contributed by atoms with Crippen LogP contribution in [-0.4, -0.2) is 35.7 Å². The zero-order chi connectivity index (χ0) is 9.30. The number of hydrogen-bond donors (Lipinski definition) is 1. The largest absolute Gasteiger partial charge is 0.391 e. The van der Waals surface area contributed by atoms with Crippen molar-refractivity contribution in [1.29, 1.82) is 0 Å². The molecule has 3 atom stereocenters. The molecule has 1 fully saturated rings. The van der Waals surface area contributed by atoms with Crippen LogP contribution < -0.4 is 0 Å². The molecule has 0 aromatic rings. The Hall–Kier alpha value is -0.0800. The van der Waals surface area contributed by atoms with Gasteiger partial charge in [-0.05, 0) is 25.3 Å². The quantitative estimate of drug-likeness (QED) is 0.643. The summed E-state index contributed by atoms with van der Waals surface area (Å²) in [4.78, 5) is 2.30. The van der Waals surface area contributed by atoms with Gasteiger partial charge < -0.3 is 10.0 Å². The van der Waals surface area contributed by atoms with E-state index < -0.39 is 0 Å². The van der Waals surface area contributed by atoms with Crippen LogP contribution in [0.3, 0.4) is 0 Å². The van der Waals surface area contributed by atoms with Gasteiger partial charge in [-0.2, -0.15) is 0 Å². The highest BCUT2D eigenvalue weighted by molar-refractivity contribution is 4.86. The molecule has 1 rings (SSSR count). The van der Waals surface area contributed by atoms with Crippen molar-refractivity contribution in [3.63, 3.8) is 0 Å². The van der Waals surface area contributed by atoms with E-state index in [9.17, 15) is 5.11 Å². The number of rotatable bonds is 1. The minimum atomic E-state index is -0.126. The molecule has 0 spiro atoms. The van der Waals surface area contributed by atoms with Crippen molar-refractivity contribution < 1.29 is 5.11 Å². The molecular formula is C10H21NO. The summed E-state index contributed by atoms with van der Waals surface area (Å²) in [5.41, 5.74) is 0. The number of hydrogen-bond acceptors (Lipinski definition) is 2. The molecule has 0 aromatic heterocycles. The van der Waals surface area contributed by atoms with Gasteiger partial charge in [-0.3, -0.25) is 0 Å². The molecule has 0 aliphatic carbocycles. The molecule has 1 aliphatic heterocycles. The predicted octanol–water partition coefficient (Wildman–Crippen LogP) is 1.34. The summed E-state index contributed by atoms with van der Waals surface area (Å²) in [6.45, 7) is 7.69. The second-order valence-corrected chi connectivity index (χ2v) is 4.58. The van der Waals surface area contributed by atoms with Crippen molar-refractivity contribution in [2.24, 2.45) is 11.8 Å². The number of likely N-dealkylation sites (tertiary alicyclic amines) is 1. The van der Waals surface area contributed by atoms with E-state index >= 15 is 0 Å². The van der Waals surface area contributed by atoms with E-state index in [4.69, 9.17) is 0 Å². The number of aliphatic hydroxyl groups is 1. The zero-order valence-electron chi connectivity index (χ0n) is 8.62. The van der Waals surface area contributed by atoms with Crippen molar-refractivity contribution in [3.05, 3.63) is 0 Å². The minimum absolute atomic E-state index is 0.126. The average molecular weight is 171 g/mol. The maximum absolute atomic E-state index is 9.84. The fraction of sp³-hybridized carbons (Fsp3) is 1.00. The van der Waals surface area contributed by atoms with Gasteiger partial charge >= 0.3 is 0 Å². The lowest BCUT2D eigenvalue weighted by atomic mass is 9.86. The molecule has 1 aliphatic rings. The van der Waals surface area contributed by atoms with E-state index in [2.05, 4.69) is 32.7 Å². The number of likely N-dealkylation sites (N-methyl/N-ethyl adjacent to an activating group) is 1. The molecule has 2 nitrogen and oxygen atoms in total. The van der Waals surface area contributed by atoms with Gasteiger partial charge in [-0.15, -0.1) is 0 Å². The maximum Gasteiger partial charge on any atom is 0.0700 e. The van der Waals surface area contributed by atoms with Gasteiger partial charge in [0.15, 0.2) is 0 Å². The molecule has 0 unspecified atom stereocenters. The third-order valence-electron chi connectivity index (χ3n) is 2.83. The SMILES string of the molecule is CC(C)[C@@H]1[C@H](O)C[C@H](C)CN1C. The van der Waals surface area contributed by atoms with Crippen molar-refractivity contribution in [2.75, 3.05) is 13.6 Å². The highest BCUT2D eigenvalue weighted by atomic mass is 16.3. The Morgan fingerprint density at radius 2 is 2.00 bits per heavy atom. The molecule has 0 aromatic carbocycles. The zero-order valence-corrected chi connectivity index (χ0v) is 8.62. The van der Waals surface area contributed by atoms with Gasteiger partial charge in [0, 0.05) is 12.6 Å². The van der Waals surface area contributed by atoms with Gasteiger partial charge in [0.25, 0.3) is 0 Å². The standard InChI is InChI=1S/C10H21NO/c1-7(2)10-9(12)5-8(3)6-11(10)4/h7-10,12H,5-6H2,1-4H3/t8-,9+,10+/m0/s1. The van der Waals surface area contributed by atoms with Gasteiger partial charge in [-0.1, -0.05) is 20.8 Å². The maximum atomic E-state index is 9.84. The summed E-state index contributed by atoms with van der Waals surface area (Å²) in [5.74, 6) is 1.19. The van der Waals surface area contributed by atoms with Crippen LogP contribution in [0.25, 0.3) is 0 Å². The van der Waals surface area contributed by atoms with E-state index in [-0.39, 0.29) is 6.10 Å². The van der Waals surface area contributed by atoms with Crippen molar-refractivity contribution >= 4 is 0 Å². The van der Waals surface area contributed by atoms with Gasteiger partial charge in [0.2, 0.25) is 0 Å². The molecule has 72 valence electrons. The molecule has 0 saturated carbocycles. The molecule has 0 amide bonds. The monoisotopic (exact) mass is 171 g/mol. The first-order chi connectivity index (χ1) is 5.52. The van der Waals surface area contributed by atoms with E-state index in [1.807, 2.05) is 0 Å². The van der Waals surface area contributed by atoms with Gasteiger partial charge in [-0.25, -0.2) is 0 Å². The predicted molar refractivity (Wildman–Crippen MR) is 51.0 cm³/mol. The Morgan fingerprint density at radius 3 is 2.42 bits per heavy atom. The Kier molecular flexibility index (Phi) is 3.13. The lowest BCUT2D eigenvalue weighted by Gasteiger charge is -2.41. The second kappa shape index (κ2) is 3.75. The fourth-order valence-electron chi connectivity index (χ4n) is 2.49. The van der Waals surface area contributed by atoms with Crippen molar-refractivity contribution in [1.82, 2.24) is 4.90 Å². The summed E-state index contributed by atoms with van der Waals surface area (Å²) < 4.78 is 0. The highest BCUT2D eigenvalue weighted by Gasteiger charge is 2.32. The van der Waals surface area contributed by atoms with Crippen molar-refractivity contribution in [2.45, 2.75) is 39.3 Å². The first kappa shape index (κ1) is 10.0. The first-order valence-corrected chi connectivity index (χ1v) is 4.90. The lowest BCUT2D eigenvalue weighted by Crippen LogP contribution is -2.51. The van der Waals surface area contributed by atoms with Crippen LogP contribution in [0.15, 0.2) is 0 Å². The summed E-state index contributed by atoms with van der Waals surface area (Å²) in [6.07, 6.45) is 0.839. The minimum Gasteiger partial charge on any atom is -0.391 e. The van der Waals surface area contributed by atoms with E-state index in [1.165, 1.54) is 0 Å². The van der Waals surface area contributed by atoms with E-state index in [0.29, 0.717) is 17.9 Å². The average Bonchev–Trinajstić information content (AvgIpc) is 1.82. The first-order valence-electron chi connectivity index (χ1n) is 4.90. The third kappa shape index (κ3) is 1.99. The normalized spacial score (nSPS) is 39.0. The number of nitrogens with zero attached hydrogens (tertiary/aromatic N) is 1. The Labute approximate surface area is 75.6 Å². The second-order valence-electron chi connectivity index (χ2n) is 4.58.